The number of esters is 1. The van der Waals surface area contributed by atoms with Gasteiger partial charge in [0.25, 0.3) is 5.91 Å². The molecule has 2 aliphatic rings. The van der Waals surface area contributed by atoms with Gasteiger partial charge in [0.15, 0.2) is 0 Å². The van der Waals surface area contributed by atoms with Crippen molar-refractivity contribution >= 4 is 56.5 Å². The molecule has 498 valence electrons. The highest BCUT2D eigenvalue weighted by Crippen LogP contribution is 2.48. The molecule has 16 rings (SSSR count). The van der Waals surface area contributed by atoms with E-state index in [1.54, 1.807) is 24.8 Å². The zero-order chi connectivity index (χ0) is 68.7. The fourth-order valence-electron chi connectivity index (χ4n) is 13.8. The number of ether oxygens (including phenoxy) is 1. The van der Waals surface area contributed by atoms with Crippen molar-refractivity contribution in [3.05, 3.63) is 371 Å². The van der Waals surface area contributed by atoms with E-state index in [-0.39, 0.29) is 25.4 Å². The van der Waals surface area contributed by atoms with Crippen LogP contribution in [0.25, 0.3) is 44.3 Å². The first-order chi connectivity index (χ1) is 48.9. The number of methoxy groups -OCH3 is 1. The molecular formula is C88H78N10O3. The van der Waals surface area contributed by atoms with Crippen LogP contribution in [0.15, 0.2) is 314 Å². The van der Waals surface area contributed by atoms with Crippen LogP contribution in [0, 0.1) is 13.8 Å². The third-order valence-corrected chi connectivity index (χ3v) is 18.9. The lowest BCUT2D eigenvalue weighted by atomic mass is 9.77. The normalized spacial score (nSPS) is 12.8. The summed E-state index contributed by atoms with van der Waals surface area (Å²) in [6.07, 6.45) is 7.98. The van der Waals surface area contributed by atoms with E-state index in [2.05, 4.69) is 256 Å². The summed E-state index contributed by atoms with van der Waals surface area (Å²) in [6, 6.07) is 96.1. The lowest BCUT2D eigenvalue weighted by Crippen LogP contribution is -2.38. The number of pyridine rings is 2. The number of nitrogens with two attached hydrogens (primary N) is 1. The third-order valence-electron chi connectivity index (χ3n) is 18.9. The smallest absolute Gasteiger partial charge is 0.352 e. The molecule has 0 spiro atoms. The third kappa shape index (κ3) is 13.1. The molecule has 13 nitrogen and oxygen atoms in total. The van der Waals surface area contributed by atoms with Crippen molar-refractivity contribution in [2.45, 2.75) is 71.1 Å². The number of carbonyl (C=O) groups excluding carboxylic acids is 2. The number of nitrogens with one attached hydrogen (secondary N) is 1. The number of aromatic nitrogens is 6. The van der Waals surface area contributed by atoms with Gasteiger partial charge in [0.2, 0.25) is 0 Å². The van der Waals surface area contributed by atoms with Gasteiger partial charge in [-0.2, -0.15) is 10.2 Å². The minimum absolute atomic E-state index is 0. The van der Waals surface area contributed by atoms with Gasteiger partial charge < -0.3 is 15.8 Å². The van der Waals surface area contributed by atoms with Gasteiger partial charge in [-0.3, -0.25) is 14.8 Å². The molecule has 0 saturated carbocycles. The number of nitrogens with zero attached hydrogens (tertiary/aromatic N) is 8. The van der Waals surface area contributed by atoms with E-state index in [0.29, 0.717) is 24.3 Å². The number of fused-ring (bicyclic) bond motifs is 4. The molecular weight excluding hydrogens is 1250 g/mol. The lowest BCUT2D eigenvalue weighted by molar-refractivity contribution is -0.132. The largest absolute Gasteiger partial charge is 0.465 e. The number of amides is 1. The first kappa shape index (κ1) is 67.3. The maximum absolute atomic E-state index is 13.6. The van der Waals surface area contributed by atoms with E-state index in [1.165, 1.54) is 23.8 Å². The Bertz CT molecular complexity index is 5070. The SMILES string of the molecule is C.COC(=O)C1=Nc2cc3c(-c4ccncc4)nn(C(c4ccccc4)(c4ccccc4)c4ccccc4)c3cc2C1.Cc1ccc([C@@H](C)N)cc1.Cc1ccc([C@@H](C)NC(=O)C2=Nc3cc4c(-c5ccncc5)nn(C(c5ccccc5)(c5ccccc5)c5ccccc5)c4cc3C2)cc1. The molecule has 4 aromatic heterocycles. The van der Waals surface area contributed by atoms with Crippen LogP contribution < -0.4 is 11.1 Å². The fraction of sp³-hybridized carbons (Fsp3) is 0.136. The molecule has 101 heavy (non-hydrogen) atoms. The number of benzene rings is 10. The second-order valence-electron chi connectivity index (χ2n) is 25.4. The van der Waals surface area contributed by atoms with Crippen LogP contribution in [0.4, 0.5) is 11.4 Å². The van der Waals surface area contributed by atoms with Crippen LogP contribution in [0.1, 0.15) is 100 Å². The summed E-state index contributed by atoms with van der Waals surface area (Å²) in [5.74, 6) is -0.565. The maximum atomic E-state index is 13.6. The Kier molecular flexibility index (Phi) is 19.6. The second-order valence-corrected chi connectivity index (χ2v) is 25.4. The molecule has 0 saturated heterocycles. The molecule has 3 N–H and O–H groups in total. The molecule has 0 bridgehead atoms. The highest BCUT2D eigenvalue weighted by Gasteiger charge is 2.43. The average Bonchev–Trinajstić information content (AvgIpc) is 1.63. The molecule has 6 heterocycles. The van der Waals surface area contributed by atoms with E-state index in [9.17, 15) is 9.59 Å². The standard InChI is InChI=1S/C43H35N5O.C35H26N4O2.C9H13N.CH4/c1-29-18-20-31(21-19-29)30(2)45-42(49)39-26-33-27-40-37(28-38(33)46-39)41(32-22-24-44-25-23-32)47-48(40)43(34-12-6-3-7-13-34,35-14-8-4-9-15-35)36-16-10-5-11-17-36;1-41-34(40)31-21-25-22-32-29(23-30(25)37-31)33(24-17-19-36-20-18-24)38-39(32)35(26-11-5-2-6-12-26,27-13-7-3-8-14-27)28-15-9-4-10-16-28;1-7-3-5-9(6-4-7)8(2)10;/h3-25,27-28,30H,26H2,1-2H3,(H,45,49);2-20,22-23H,21H2,1H3;3-6,8H,10H2,1-2H3;1H4/t30-;;8-;/m1.1./s1. The summed E-state index contributed by atoms with van der Waals surface area (Å²) in [4.78, 5) is 44.1. The number of carbonyl (C=O) groups is 2. The van der Waals surface area contributed by atoms with Gasteiger partial charge in [-0.25, -0.2) is 24.1 Å². The van der Waals surface area contributed by atoms with Crippen LogP contribution >= 0.6 is 0 Å². The number of hydrogen-bond donors (Lipinski definition) is 2. The predicted molar refractivity (Wildman–Crippen MR) is 407 cm³/mol. The molecule has 0 unspecified atom stereocenters. The van der Waals surface area contributed by atoms with Gasteiger partial charge >= 0.3 is 5.97 Å². The van der Waals surface area contributed by atoms with Crippen molar-refractivity contribution in [2.75, 3.05) is 7.11 Å². The van der Waals surface area contributed by atoms with E-state index < -0.39 is 17.0 Å². The fourth-order valence-corrected chi connectivity index (χ4v) is 13.8. The molecule has 2 atom stereocenters. The zero-order valence-electron chi connectivity index (χ0n) is 56.3. The first-order valence-electron chi connectivity index (χ1n) is 33.6. The van der Waals surface area contributed by atoms with Crippen molar-refractivity contribution in [3.63, 3.8) is 0 Å². The second kappa shape index (κ2) is 29.4. The summed E-state index contributed by atoms with van der Waals surface area (Å²) in [7, 11) is 1.39. The minimum atomic E-state index is -0.815. The maximum Gasteiger partial charge on any atom is 0.352 e. The summed E-state index contributed by atoms with van der Waals surface area (Å²) in [5, 5.41) is 16.0. The predicted octanol–water partition coefficient (Wildman–Crippen LogP) is 18.1. The minimum Gasteiger partial charge on any atom is -0.465 e. The quantitative estimate of drug-likeness (QED) is 0.0755. The summed E-state index contributed by atoms with van der Waals surface area (Å²) in [5.41, 5.74) is 25.1. The first-order valence-corrected chi connectivity index (χ1v) is 33.6. The van der Waals surface area contributed by atoms with E-state index >= 15 is 0 Å². The molecule has 2 aliphatic heterocycles. The van der Waals surface area contributed by atoms with Crippen LogP contribution in [-0.2, 0) is 38.2 Å². The molecule has 0 aliphatic carbocycles. The van der Waals surface area contributed by atoms with E-state index in [0.717, 1.165) is 106 Å². The Morgan fingerprint density at radius 2 is 0.772 bits per heavy atom. The van der Waals surface area contributed by atoms with Gasteiger partial charge in [0, 0.05) is 65.6 Å². The molecule has 13 heteroatoms. The number of rotatable bonds is 15. The Morgan fingerprint density at radius 1 is 0.446 bits per heavy atom. The van der Waals surface area contributed by atoms with Gasteiger partial charge in [0.05, 0.1) is 35.6 Å². The Labute approximate surface area is 589 Å². The number of hydrogen-bond acceptors (Lipinski definition) is 10. The Morgan fingerprint density at radius 3 is 1.11 bits per heavy atom. The zero-order valence-corrected chi connectivity index (χ0v) is 56.3. The highest BCUT2D eigenvalue weighted by molar-refractivity contribution is 6.41. The van der Waals surface area contributed by atoms with Crippen molar-refractivity contribution in [1.82, 2.24) is 34.8 Å². The van der Waals surface area contributed by atoms with Crippen LogP contribution in [-0.4, -0.2) is 59.9 Å². The van der Waals surface area contributed by atoms with E-state index in [4.69, 9.17) is 25.7 Å². The molecule has 1 amide bonds. The van der Waals surface area contributed by atoms with Gasteiger partial charge in [-0.1, -0.05) is 249 Å². The van der Waals surface area contributed by atoms with Gasteiger partial charge in [-0.05, 0) is 132 Å². The molecule has 10 aromatic carbocycles. The lowest BCUT2D eigenvalue weighted by Gasteiger charge is -2.37. The average molecular weight is 1320 g/mol. The van der Waals surface area contributed by atoms with Crippen molar-refractivity contribution in [1.29, 1.82) is 0 Å². The number of aryl methyl sites for hydroxylation is 2. The molecule has 14 aromatic rings. The molecule has 0 fully saturated rings. The summed E-state index contributed by atoms with van der Waals surface area (Å²) in [6.45, 7) is 8.13. The van der Waals surface area contributed by atoms with Gasteiger partial charge in [0.1, 0.15) is 33.9 Å². The summed E-state index contributed by atoms with van der Waals surface area (Å²) >= 11 is 0. The molecule has 0 radical (unpaired) electrons. The van der Waals surface area contributed by atoms with E-state index in [1.807, 2.05) is 80.6 Å². The monoisotopic (exact) mass is 1320 g/mol. The van der Waals surface area contributed by atoms with Crippen molar-refractivity contribution < 1.29 is 14.3 Å². The number of aliphatic imine (C=N–C) groups is 2. The Hall–Kier alpha value is -12.3. The topological polar surface area (TPSA) is 168 Å². The summed E-state index contributed by atoms with van der Waals surface area (Å²) < 4.78 is 9.32. The Balaban J connectivity index is 0.000000159. The van der Waals surface area contributed by atoms with Crippen molar-refractivity contribution in [3.8, 4) is 22.5 Å². The highest BCUT2D eigenvalue weighted by atomic mass is 16.5. The van der Waals surface area contributed by atoms with Crippen LogP contribution in [0.2, 0.25) is 0 Å². The van der Waals surface area contributed by atoms with Crippen LogP contribution in [0.5, 0.6) is 0 Å². The van der Waals surface area contributed by atoms with Crippen LogP contribution in [0.3, 0.4) is 0 Å². The van der Waals surface area contributed by atoms with Crippen molar-refractivity contribution in [2.24, 2.45) is 15.7 Å². The van der Waals surface area contributed by atoms with Gasteiger partial charge in [-0.15, -0.1) is 0 Å².